The summed E-state index contributed by atoms with van der Waals surface area (Å²) in [6, 6.07) is 0.565. The van der Waals surface area contributed by atoms with Crippen LogP contribution in [0.3, 0.4) is 0 Å². The molecule has 0 aliphatic carbocycles. The van der Waals surface area contributed by atoms with Crippen LogP contribution in [0.2, 0.25) is 18.1 Å². The van der Waals surface area contributed by atoms with Crippen LogP contribution in [0.25, 0.3) is 0 Å². The molecule has 2 bridgehead atoms. The van der Waals surface area contributed by atoms with Gasteiger partial charge in [0.2, 0.25) is 6.23 Å². The lowest BCUT2D eigenvalue weighted by atomic mass is 9.99. The topological polar surface area (TPSA) is 111 Å². The van der Waals surface area contributed by atoms with Gasteiger partial charge in [-0.15, -0.1) is 0 Å². The molecule has 196 valence electrons. The third-order valence-corrected chi connectivity index (χ3v) is 12.1. The van der Waals surface area contributed by atoms with Gasteiger partial charge in [-0.2, -0.15) is 17.7 Å². The molecule has 1 saturated heterocycles. The first kappa shape index (κ1) is 28.8. The molecule has 1 aromatic rings. The number of aromatic nitrogens is 2. The van der Waals surface area contributed by atoms with Gasteiger partial charge >= 0.3 is 17.4 Å². The van der Waals surface area contributed by atoms with Crippen molar-refractivity contribution in [3.63, 3.8) is 0 Å². The molecular formula is C20H33F3N2O7SSi. The van der Waals surface area contributed by atoms with E-state index in [0.29, 0.717) is 24.4 Å². The highest BCUT2D eigenvalue weighted by atomic mass is 32.2. The maximum atomic E-state index is 10.7. The number of alkyl halides is 3. The minimum Gasteiger partial charge on any atom is -0.741 e. The Morgan fingerprint density at radius 3 is 2.35 bits per heavy atom. The molecule has 1 aromatic heterocycles. The SMILES string of the molecule is COc1nc2[n+](cc1C)[C@H]1C[C@@H](O2)[C@@H](CO[Si](C)(C)C(C)(C)C(C)C)O1.O=S(=O)([O-])C(F)(F)F. The second-order valence-corrected chi connectivity index (χ2v) is 15.7. The van der Waals surface area contributed by atoms with Crippen LogP contribution < -0.4 is 14.0 Å². The van der Waals surface area contributed by atoms with Crippen molar-refractivity contribution in [1.29, 1.82) is 0 Å². The largest absolute Gasteiger partial charge is 0.741 e. The van der Waals surface area contributed by atoms with Crippen molar-refractivity contribution in [3.8, 4) is 11.9 Å². The van der Waals surface area contributed by atoms with Crippen molar-refractivity contribution < 1.29 is 49.3 Å². The van der Waals surface area contributed by atoms with Crippen LogP contribution in [0.15, 0.2) is 6.20 Å². The summed E-state index contributed by atoms with van der Waals surface area (Å²) in [5.41, 5.74) is -4.68. The summed E-state index contributed by atoms with van der Waals surface area (Å²) < 4.78 is 85.1. The van der Waals surface area contributed by atoms with Gasteiger partial charge in [-0.05, 0) is 31.0 Å². The summed E-state index contributed by atoms with van der Waals surface area (Å²) in [5.74, 6) is 1.17. The zero-order chi connectivity index (χ0) is 26.3. The molecule has 9 nitrogen and oxygen atoms in total. The Morgan fingerprint density at radius 2 is 1.88 bits per heavy atom. The molecule has 3 heterocycles. The van der Waals surface area contributed by atoms with Crippen LogP contribution in [0.1, 0.15) is 45.9 Å². The van der Waals surface area contributed by atoms with E-state index >= 15 is 0 Å². The van der Waals surface area contributed by atoms with Crippen LogP contribution >= 0.6 is 0 Å². The van der Waals surface area contributed by atoms with Gasteiger partial charge < -0.3 is 23.2 Å². The standard InChI is InChI=1S/C19H33N2O4Si.CHF3O3S/c1-12(2)19(4,5)26(7,8)23-11-15-14-9-16(24-15)21-10-13(3)17(22-6)20-18(21)25-14;2-1(3,4)8(5,6)7/h10,12,14-16H,9,11H2,1-8H3;(H,5,6,7)/q+1;/p-1/t14-,15-,16-;/m1./s1. The van der Waals surface area contributed by atoms with Crippen molar-refractivity contribution >= 4 is 18.4 Å². The van der Waals surface area contributed by atoms with E-state index in [0.717, 1.165) is 12.0 Å². The van der Waals surface area contributed by atoms with Crippen LogP contribution in [-0.2, 0) is 19.3 Å². The first-order chi connectivity index (χ1) is 15.3. The molecule has 0 saturated carbocycles. The molecule has 2 aliphatic rings. The van der Waals surface area contributed by atoms with E-state index in [1.165, 1.54) is 0 Å². The molecular weight excluding hydrogens is 497 g/mol. The Balaban J connectivity index is 0.000000440. The van der Waals surface area contributed by atoms with Crippen LogP contribution in [0.4, 0.5) is 13.2 Å². The van der Waals surface area contributed by atoms with Gasteiger partial charge in [-0.1, -0.05) is 27.7 Å². The smallest absolute Gasteiger partial charge is 0.504 e. The van der Waals surface area contributed by atoms with E-state index in [1.54, 1.807) is 7.11 Å². The predicted octanol–water partition coefficient (Wildman–Crippen LogP) is 3.44. The number of ether oxygens (including phenoxy) is 3. The molecule has 3 rings (SSSR count). The average molecular weight is 531 g/mol. The molecule has 34 heavy (non-hydrogen) atoms. The summed E-state index contributed by atoms with van der Waals surface area (Å²) in [6.45, 7) is 16.3. The Labute approximate surface area is 199 Å². The molecule has 2 aliphatic heterocycles. The fourth-order valence-electron chi connectivity index (χ4n) is 3.50. The number of halogens is 3. The fourth-order valence-corrected chi connectivity index (χ4v) is 5.85. The minimum absolute atomic E-state index is 0.0214. The van der Waals surface area contributed by atoms with Gasteiger partial charge in [0.15, 0.2) is 18.4 Å². The maximum Gasteiger partial charge on any atom is 0.504 e. The summed E-state index contributed by atoms with van der Waals surface area (Å²) in [7, 11) is -6.35. The van der Waals surface area contributed by atoms with E-state index < -0.39 is 23.9 Å². The molecule has 0 aromatic carbocycles. The third-order valence-electron chi connectivity index (χ3n) is 6.92. The zero-order valence-electron chi connectivity index (χ0n) is 20.6. The highest BCUT2D eigenvalue weighted by molar-refractivity contribution is 7.86. The Bertz CT molecular complexity index is 987. The van der Waals surface area contributed by atoms with Gasteiger partial charge in [0.05, 0.1) is 25.7 Å². The number of methoxy groups -OCH3 is 1. The van der Waals surface area contributed by atoms with E-state index in [1.807, 2.05) is 17.7 Å². The van der Waals surface area contributed by atoms with Gasteiger partial charge in [-0.3, -0.25) is 0 Å². The van der Waals surface area contributed by atoms with Gasteiger partial charge in [0, 0.05) is 4.98 Å². The number of hydrogen-bond donors (Lipinski definition) is 0. The average Bonchev–Trinajstić information content (AvgIpc) is 3.02. The second-order valence-electron chi connectivity index (χ2n) is 9.74. The zero-order valence-corrected chi connectivity index (χ0v) is 22.4. The summed E-state index contributed by atoms with van der Waals surface area (Å²) in [6.07, 6.45) is 2.69. The van der Waals surface area contributed by atoms with Crippen molar-refractivity contribution in [2.75, 3.05) is 13.7 Å². The summed E-state index contributed by atoms with van der Waals surface area (Å²) >= 11 is 0. The highest BCUT2D eigenvalue weighted by Gasteiger charge is 2.50. The third kappa shape index (κ3) is 6.01. The molecule has 1 fully saturated rings. The van der Waals surface area contributed by atoms with Crippen molar-refractivity contribution in [3.05, 3.63) is 11.8 Å². The fraction of sp³-hybridized carbons (Fsp3) is 0.800. The number of nitrogens with zero attached hydrogens (tertiary/aromatic N) is 2. The molecule has 14 heteroatoms. The van der Waals surface area contributed by atoms with Crippen molar-refractivity contribution in [1.82, 2.24) is 4.98 Å². The lowest BCUT2D eigenvalue weighted by molar-refractivity contribution is -0.769. The number of fused-ring (bicyclic) bond motifs is 4. The summed E-state index contributed by atoms with van der Waals surface area (Å²) in [4.78, 5) is 4.48. The van der Waals surface area contributed by atoms with E-state index in [-0.39, 0.29) is 23.5 Å². The summed E-state index contributed by atoms with van der Waals surface area (Å²) in [5, 5.41) is 0.186. The maximum absolute atomic E-state index is 10.7. The number of aryl methyl sites for hydroxylation is 1. The monoisotopic (exact) mass is 530 g/mol. The number of hydrogen-bond acceptors (Lipinski definition) is 8. The Morgan fingerprint density at radius 1 is 1.32 bits per heavy atom. The Kier molecular flexibility index (Phi) is 8.35. The van der Waals surface area contributed by atoms with Crippen LogP contribution in [-0.4, -0.2) is 57.7 Å². The van der Waals surface area contributed by atoms with E-state index in [4.69, 9.17) is 31.6 Å². The van der Waals surface area contributed by atoms with Gasteiger partial charge in [-0.25, -0.2) is 8.42 Å². The van der Waals surface area contributed by atoms with Crippen molar-refractivity contribution in [2.45, 2.75) is 83.1 Å². The molecule has 0 spiro atoms. The minimum atomic E-state index is -6.09. The normalized spacial score (nSPS) is 22.6. The quantitative estimate of drug-likeness (QED) is 0.238. The molecule has 0 unspecified atom stereocenters. The lowest BCUT2D eigenvalue weighted by Gasteiger charge is -2.43. The second kappa shape index (κ2) is 9.88. The molecule has 0 N–H and O–H groups in total. The van der Waals surface area contributed by atoms with Gasteiger partial charge in [0.25, 0.3) is 0 Å². The number of rotatable bonds is 6. The van der Waals surface area contributed by atoms with E-state index in [9.17, 15) is 13.2 Å². The highest BCUT2D eigenvalue weighted by Crippen LogP contribution is 2.45. The molecule has 0 radical (unpaired) electrons. The molecule has 3 atom stereocenters. The first-order valence-electron chi connectivity index (χ1n) is 10.8. The first-order valence-corrected chi connectivity index (χ1v) is 15.1. The predicted molar refractivity (Wildman–Crippen MR) is 117 cm³/mol. The molecule has 0 amide bonds. The lowest BCUT2D eigenvalue weighted by Crippen LogP contribution is -2.48. The van der Waals surface area contributed by atoms with Crippen LogP contribution in [0, 0.1) is 12.8 Å². The Hall–Kier alpha value is -1.48. The van der Waals surface area contributed by atoms with E-state index in [2.05, 4.69) is 45.8 Å². The van der Waals surface area contributed by atoms with Crippen molar-refractivity contribution in [2.24, 2.45) is 5.92 Å². The van der Waals surface area contributed by atoms with Crippen LogP contribution in [0.5, 0.6) is 11.9 Å². The van der Waals surface area contributed by atoms with Gasteiger partial charge in [0.1, 0.15) is 18.4 Å².